The van der Waals surface area contributed by atoms with E-state index >= 15 is 0 Å². The zero-order valence-corrected chi connectivity index (χ0v) is 10.1. The standard InChI is InChI=1S/C14H20N2O/c15-11-14-12-16(9-10-17-14)8-4-7-13-5-2-1-3-6-13/h1-7,14H,8-12,15H2. The van der Waals surface area contributed by atoms with Crippen molar-refractivity contribution in [2.45, 2.75) is 6.10 Å². The first-order valence-corrected chi connectivity index (χ1v) is 6.14. The van der Waals surface area contributed by atoms with Gasteiger partial charge in [0.15, 0.2) is 0 Å². The molecule has 0 aliphatic carbocycles. The summed E-state index contributed by atoms with van der Waals surface area (Å²) in [6.45, 7) is 4.31. The fourth-order valence-electron chi connectivity index (χ4n) is 1.99. The lowest BCUT2D eigenvalue weighted by atomic mass is 10.2. The molecule has 1 fully saturated rings. The van der Waals surface area contributed by atoms with E-state index in [9.17, 15) is 0 Å². The van der Waals surface area contributed by atoms with Gasteiger partial charge in [0.2, 0.25) is 0 Å². The second-order valence-corrected chi connectivity index (χ2v) is 4.30. The maximum absolute atomic E-state index is 5.62. The minimum atomic E-state index is 0.203. The molecule has 1 unspecified atom stereocenters. The minimum Gasteiger partial charge on any atom is -0.374 e. The first kappa shape index (κ1) is 12.3. The number of hydrogen-bond acceptors (Lipinski definition) is 3. The predicted molar refractivity (Wildman–Crippen MR) is 70.7 cm³/mol. The van der Waals surface area contributed by atoms with Crippen LogP contribution in [0.3, 0.4) is 0 Å². The van der Waals surface area contributed by atoms with Crippen LogP contribution >= 0.6 is 0 Å². The molecule has 17 heavy (non-hydrogen) atoms. The van der Waals surface area contributed by atoms with Gasteiger partial charge >= 0.3 is 0 Å². The Hall–Kier alpha value is -1.16. The summed E-state index contributed by atoms with van der Waals surface area (Å²) in [5, 5.41) is 0. The van der Waals surface area contributed by atoms with Crippen LogP contribution in [0.4, 0.5) is 0 Å². The monoisotopic (exact) mass is 232 g/mol. The van der Waals surface area contributed by atoms with Crippen molar-refractivity contribution < 1.29 is 4.74 Å². The zero-order chi connectivity index (χ0) is 11.9. The molecule has 1 aliphatic heterocycles. The average molecular weight is 232 g/mol. The number of ether oxygens (including phenoxy) is 1. The fraction of sp³-hybridized carbons (Fsp3) is 0.429. The van der Waals surface area contributed by atoms with Crippen LogP contribution in [0, 0.1) is 0 Å². The Kier molecular flexibility index (Phi) is 4.74. The Morgan fingerprint density at radius 2 is 2.18 bits per heavy atom. The molecule has 1 heterocycles. The molecule has 2 rings (SSSR count). The minimum absolute atomic E-state index is 0.203. The summed E-state index contributed by atoms with van der Waals surface area (Å²) in [7, 11) is 0. The molecule has 0 bridgehead atoms. The molecule has 1 atom stereocenters. The van der Waals surface area contributed by atoms with Gasteiger partial charge in [0.25, 0.3) is 0 Å². The topological polar surface area (TPSA) is 38.5 Å². The molecule has 92 valence electrons. The van der Waals surface area contributed by atoms with Crippen LogP contribution in [-0.4, -0.2) is 43.8 Å². The average Bonchev–Trinajstić information content (AvgIpc) is 2.40. The van der Waals surface area contributed by atoms with Crippen molar-refractivity contribution >= 4 is 6.08 Å². The second kappa shape index (κ2) is 6.55. The smallest absolute Gasteiger partial charge is 0.0824 e. The summed E-state index contributed by atoms with van der Waals surface area (Å²) in [6.07, 6.45) is 4.56. The quantitative estimate of drug-likeness (QED) is 0.852. The van der Waals surface area contributed by atoms with Crippen LogP contribution < -0.4 is 5.73 Å². The summed E-state index contributed by atoms with van der Waals surface area (Å²) in [6, 6.07) is 10.4. The number of nitrogens with two attached hydrogens (primary N) is 1. The van der Waals surface area contributed by atoms with Crippen LogP contribution in [0.15, 0.2) is 36.4 Å². The maximum atomic E-state index is 5.62. The normalized spacial score (nSPS) is 22.1. The summed E-state index contributed by atoms with van der Waals surface area (Å²) in [4.78, 5) is 2.38. The van der Waals surface area contributed by atoms with Gasteiger partial charge < -0.3 is 10.5 Å². The van der Waals surface area contributed by atoms with E-state index in [2.05, 4.69) is 41.3 Å². The molecule has 2 N–H and O–H groups in total. The second-order valence-electron chi connectivity index (χ2n) is 4.30. The Labute approximate surface area is 103 Å². The van der Waals surface area contributed by atoms with E-state index in [0.29, 0.717) is 6.54 Å². The number of benzene rings is 1. The Morgan fingerprint density at radius 3 is 2.94 bits per heavy atom. The molecule has 1 aliphatic rings. The molecular formula is C14H20N2O. The SMILES string of the molecule is NCC1CN(CC=Cc2ccccc2)CCO1. The van der Waals surface area contributed by atoms with Crippen molar-refractivity contribution in [3.8, 4) is 0 Å². The molecule has 0 spiro atoms. The molecule has 0 radical (unpaired) electrons. The number of morpholine rings is 1. The lowest BCUT2D eigenvalue weighted by Crippen LogP contribution is -2.45. The third-order valence-electron chi connectivity index (χ3n) is 2.96. The van der Waals surface area contributed by atoms with E-state index in [-0.39, 0.29) is 6.10 Å². The Bertz CT molecular complexity index is 350. The van der Waals surface area contributed by atoms with Gasteiger partial charge in [-0.15, -0.1) is 0 Å². The third kappa shape index (κ3) is 3.97. The highest BCUT2D eigenvalue weighted by Gasteiger charge is 2.17. The highest BCUT2D eigenvalue weighted by atomic mass is 16.5. The van der Waals surface area contributed by atoms with E-state index in [1.807, 2.05) is 6.07 Å². The zero-order valence-electron chi connectivity index (χ0n) is 10.1. The lowest BCUT2D eigenvalue weighted by molar-refractivity contribution is -0.0190. The molecule has 1 aromatic rings. The molecule has 3 heteroatoms. The number of rotatable bonds is 4. The molecule has 0 aromatic heterocycles. The Balaban J connectivity index is 1.80. The maximum Gasteiger partial charge on any atom is 0.0824 e. The highest BCUT2D eigenvalue weighted by Crippen LogP contribution is 2.05. The van der Waals surface area contributed by atoms with Crippen LogP contribution in [0.5, 0.6) is 0 Å². The van der Waals surface area contributed by atoms with Crippen molar-refractivity contribution in [1.29, 1.82) is 0 Å². The van der Waals surface area contributed by atoms with Gasteiger partial charge in [-0.05, 0) is 5.56 Å². The van der Waals surface area contributed by atoms with Gasteiger partial charge in [0.05, 0.1) is 12.7 Å². The van der Waals surface area contributed by atoms with Gasteiger partial charge in [-0.25, -0.2) is 0 Å². The summed E-state index contributed by atoms with van der Waals surface area (Å²) >= 11 is 0. The van der Waals surface area contributed by atoms with Crippen LogP contribution in [0.25, 0.3) is 6.08 Å². The summed E-state index contributed by atoms with van der Waals surface area (Å²) in [5.41, 5.74) is 6.86. The van der Waals surface area contributed by atoms with E-state index in [4.69, 9.17) is 10.5 Å². The number of hydrogen-bond donors (Lipinski definition) is 1. The van der Waals surface area contributed by atoms with Crippen molar-refractivity contribution in [1.82, 2.24) is 4.90 Å². The Morgan fingerprint density at radius 1 is 1.35 bits per heavy atom. The first-order valence-electron chi connectivity index (χ1n) is 6.14. The number of nitrogens with zero attached hydrogens (tertiary/aromatic N) is 1. The van der Waals surface area contributed by atoms with Crippen LogP contribution in [0.2, 0.25) is 0 Å². The summed E-state index contributed by atoms with van der Waals surface area (Å²) in [5.74, 6) is 0. The highest BCUT2D eigenvalue weighted by molar-refractivity contribution is 5.48. The van der Waals surface area contributed by atoms with Crippen LogP contribution in [0.1, 0.15) is 5.56 Å². The fourth-order valence-corrected chi connectivity index (χ4v) is 1.99. The molecule has 0 saturated carbocycles. The van der Waals surface area contributed by atoms with Crippen molar-refractivity contribution in [3.63, 3.8) is 0 Å². The van der Waals surface area contributed by atoms with Crippen molar-refractivity contribution in [2.75, 3.05) is 32.8 Å². The third-order valence-corrected chi connectivity index (χ3v) is 2.96. The van der Waals surface area contributed by atoms with Gasteiger partial charge in [-0.3, -0.25) is 4.90 Å². The molecular weight excluding hydrogens is 212 g/mol. The molecule has 1 saturated heterocycles. The van der Waals surface area contributed by atoms with E-state index in [1.54, 1.807) is 0 Å². The molecule has 0 amide bonds. The van der Waals surface area contributed by atoms with Crippen molar-refractivity contribution in [2.24, 2.45) is 5.73 Å². The van der Waals surface area contributed by atoms with E-state index in [0.717, 1.165) is 26.2 Å². The largest absolute Gasteiger partial charge is 0.374 e. The predicted octanol–water partition coefficient (Wildman–Crippen LogP) is 1.36. The summed E-state index contributed by atoms with van der Waals surface area (Å²) < 4.78 is 5.53. The van der Waals surface area contributed by atoms with Crippen LogP contribution in [-0.2, 0) is 4.74 Å². The molecule has 1 aromatic carbocycles. The van der Waals surface area contributed by atoms with E-state index < -0.39 is 0 Å². The van der Waals surface area contributed by atoms with Gasteiger partial charge in [-0.1, -0.05) is 42.5 Å². The van der Waals surface area contributed by atoms with Gasteiger partial charge in [-0.2, -0.15) is 0 Å². The van der Waals surface area contributed by atoms with Crippen molar-refractivity contribution in [3.05, 3.63) is 42.0 Å². The first-order chi connectivity index (χ1) is 8.38. The van der Waals surface area contributed by atoms with E-state index in [1.165, 1.54) is 5.56 Å². The van der Waals surface area contributed by atoms with Gasteiger partial charge in [0.1, 0.15) is 0 Å². The lowest BCUT2D eigenvalue weighted by Gasteiger charge is -2.31. The van der Waals surface area contributed by atoms with Gasteiger partial charge in [0, 0.05) is 26.2 Å². The molecule has 3 nitrogen and oxygen atoms in total.